The summed E-state index contributed by atoms with van der Waals surface area (Å²) in [4.78, 5) is 0. The Hall–Kier alpha value is -0.470. The standard InChI is InChI=1S/C18H27NS/c1-20-18(12-7-13-18)14-19-17-11-6-5-10-16(17)15-8-3-2-4-9-15/h2-4,8-9,16-17,19H,5-7,10-14H2,1H3. The Morgan fingerprint density at radius 2 is 1.85 bits per heavy atom. The minimum absolute atomic E-state index is 0.554. The van der Waals surface area contributed by atoms with Crippen molar-refractivity contribution in [1.82, 2.24) is 5.32 Å². The molecule has 0 saturated heterocycles. The molecule has 20 heavy (non-hydrogen) atoms. The van der Waals surface area contributed by atoms with Crippen LogP contribution < -0.4 is 5.32 Å². The van der Waals surface area contributed by atoms with Gasteiger partial charge in [0.15, 0.2) is 0 Å². The fourth-order valence-corrected chi connectivity index (χ4v) is 4.74. The zero-order valence-corrected chi connectivity index (χ0v) is 13.4. The molecule has 1 aromatic carbocycles. The predicted octanol–water partition coefficient (Wildman–Crippen LogP) is 4.59. The van der Waals surface area contributed by atoms with Crippen LogP contribution in [0.3, 0.4) is 0 Å². The fraction of sp³-hybridized carbons (Fsp3) is 0.667. The Kier molecular flexibility index (Phi) is 4.72. The molecule has 1 nitrogen and oxygen atoms in total. The third-order valence-electron chi connectivity index (χ3n) is 5.38. The van der Waals surface area contributed by atoms with E-state index in [2.05, 4.69) is 53.7 Å². The molecule has 2 fully saturated rings. The second-order valence-electron chi connectivity index (χ2n) is 6.53. The van der Waals surface area contributed by atoms with Crippen molar-refractivity contribution < 1.29 is 0 Å². The summed E-state index contributed by atoms with van der Waals surface area (Å²) in [6.45, 7) is 1.21. The number of hydrogen-bond donors (Lipinski definition) is 1. The highest BCUT2D eigenvalue weighted by Crippen LogP contribution is 2.43. The van der Waals surface area contributed by atoms with Crippen molar-refractivity contribution in [3.63, 3.8) is 0 Å². The molecular formula is C18H27NS. The average Bonchev–Trinajstić information content (AvgIpc) is 2.48. The van der Waals surface area contributed by atoms with Crippen molar-refractivity contribution >= 4 is 11.8 Å². The Morgan fingerprint density at radius 1 is 1.10 bits per heavy atom. The summed E-state index contributed by atoms with van der Waals surface area (Å²) in [6.07, 6.45) is 12.0. The van der Waals surface area contributed by atoms with Crippen LogP contribution in [0.4, 0.5) is 0 Å². The lowest BCUT2D eigenvalue weighted by atomic mass is 9.78. The molecule has 0 radical (unpaired) electrons. The predicted molar refractivity (Wildman–Crippen MR) is 89.5 cm³/mol. The molecule has 2 atom stereocenters. The van der Waals surface area contributed by atoms with Crippen LogP contribution in [-0.2, 0) is 0 Å². The molecule has 0 aromatic heterocycles. The van der Waals surface area contributed by atoms with E-state index in [9.17, 15) is 0 Å². The Bertz CT molecular complexity index is 407. The molecule has 2 heteroatoms. The van der Waals surface area contributed by atoms with Gasteiger partial charge in [-0.2, -0.15) is 11.8 Å². The SMILES string of the molecule is CSC1(CNC2CCCCC2c2ccccc2)CCC1. The van der Waals surface area contributed by atoms with Gasteiger partial charge in [0.25, 0.3) is 0 Å². The zero-order chi connectivity index (χ0) is 13.8. The Labute approximate surface area is 127 Å². The van der Waals surface area contributed by atoms with Gasteiger partial charge < -0.3 is 5.32 Å². The van der Waals surface area contributed by atoms with Gasteiger partial charge in [-0.25, -0.2) is 0 Å². The maximum atomic E-state index is 3.94. The van der Waals surface area contributed by atoms with Crippen LogP contribution in [0.15, 0.2) is 30.3 Å². The van der Waals surface area contributed by atoms with E-state index in [4.69, 9.17) is 0 Å². The van der Waals surface area contributed by atoms with Gasteiger partial charge in [-0.3, -0.25) is 0 Å². The molecule has 0 amide bonds. The normalized spacial score (nSPS) is 28.9. The summed E-state index contributed by atoms with van der Waals surface area (Å²) in [6, 6.07) is 11.8. The molecule has 0 spiro atoms. The first kappa shape index (κ1) is 14.5. The van der Waals surface area contributed by atoms with Gasteiger partial charge in [-0.1, -0.05) is 49.6 Å². The topological polar surface area (TPSA) is 12.0 Å². The largest absolute Gasteiger partial charge is 0.312 e. The van der Waals surface area contributed by atoms with Gasteiger partial charge in [0, 0.05) is 17.3 Å². The number of benzene rings is 1. The summed E-state index contributed by atoms with van der Waals surface area (Å²) in [5.41, 5.74) is 1.54. The number of hydrogen-bond acceptors (Lipinski definition) is 2. The van der Waals surface area contributed by atoms with Crippen LogP contribution in [-0.4, -0.2) is 23.6 Å². The van der Waals surface area contributed by atoms with E-state index in [0.717, 1.165) is 5.92 Å². The average molecular weight is 289 g/mol. The first-order valence-corrected chi connectivity index (χ1v) is 9.39. The molecule has 0 aliphatic heterocycles. The van der Waals surface area contributed by atoms with Crippen molar-refractivity contribution in [2.45, 2.75) is 61.7 Å². The fourth-order valence-electron chi connectivity index (χ4n) is 3.82. The molecule has 2 unspecified atom stereocenters. The summed E-state index contributed by atoms with van der Waals surface area (Å²) in [5.74, 6) is 0.726. The molecule has 1 N–H and O–H groups in total. The van der Waals surface area contributed by atoms with Crippen molar-refractivity contribution in [3.8, 4) is 0 Å². The molecule has 0 heterocycles. The van der Waals surface area contributed by atoms with E-state index in [1.165, 1.54) is 57.1 Å². The van der Waals surface area contributed by atoms with E-state index in [0.29, 0.717) is 10.8 Å². The monoisotopic (exact) mass is 289 g/mol. The third kappa shape index (κ3) is 3.07. The number of rotatable bonds is 5. The zero-order valence-electron chi connectivity index (χ0n) is 12.6. The van der Waals surface area contributed by atoms with Gasteiger partial charge in [0.2, 0.25) is 0 Å². The number of nitrogens with one attached hydrogen (secondary N) is 1. The summed E-state index contributed by atoms with van der Waals surface area (Å²) < 4.78 is 0.554. The maximum Gasteiger partial charge on any atom is 0.0281 e. The molecule has 110 valence electrons. The van der Waals surface area contributed by atoms with Crippen LogP contribution in [0, 0.1) is 0 Å². The highest BCUT2D eigenvalue weighted by atomic mass is 32.2. The maximum absolute atomic E-state index is 3.94. The minimum Gasteiger partial charge on any atom is -0.312 e. The van der Waals surface area contributed by atoms with Gasteiger partial charge in [-0.15, -0.1) is 0 Å². The van der Waals surface area contributed by atoms with Crippen LogP contribution in [0.25, 0.3) is 0 Å². The van der Waals surface area contributed by atoms with E-state index < -0.39 is 0 Å². The van der Waals surface area contributed by atoms with Crippen LogP contribution in [0.2, 0.25) is 0 Å². The minimum atomic E-state index is 0.554. The number of thioether (sulfide) groups is 1. The van der Waals surface area contributed by atoms with E-state index in [1.54, 1.807) is 0 Å². The first-order chi connectivity index (χ1) is 9.83. The van der Waals surface area contributed by atoms with Crippen molar-refractivity contribution in [2.24, 2.45) is 0 Å². The van der Waals surface area contributed by atoms with Gasteiger partial charge in [0.1, 0.15) is 0 Å². The van der Waals surface area contributed by atoms with Crippen LogP contribution >= 0.6 is 11.8 Å². The van der Waals surface area contributed by atoms with E-state index >= 15 is 0 Å². The quantitative estimate of drug-likeness (QED) is 0.851. The molecule has 0 bridgehead atoms. The second kappa shape index (κ2) is 6.53. The second-order valence-corrected chi connectivity index (χ2v) is 7.80. The van der Waals surface area contributed by atoms with Crippen LogP contribution in [0.5, 0.6) is 0 Å². The van der Waals surface area contributed by atoms with Gasteiger partial charge in [0.05, 0.1) is 0 Å². The van der Waals surface area contributed by atoms with Crippen LogP contribution in [0.1, 0.15) is 56.4 Å². The highest BCUT2D eigenvalue weighted by Gasteiger charge is 2.37. The first-order valence-electron chi connectivity index (χ1n) is 8.16. The Balaban J connectivity index is 1.64. The van der Waals surface area contributed by atoms with Crippen molar-refractivity contribution in [3.05, 3.63) is 35.9 Å². The van der Waals surface area contributed by atoms with E-state index in [1.807, 2.05) is 0 Å². The van der Waals surface area contributed by atoms with Gasteiger partial charge in [-0.05, 0) is 43.4 Å². The Morgan fingerprint density at radius 3 is 2.50 bits per heavy atom. The lowest BCUT2D eigenvalue weighted by molar-refractivity contribution is 0.280. The van der Waals surface area contributed by atoms with Crippen molar-refractivity contribution in [2.75, 3.05) is 12.8 Å². The highest BCUT2D eigenvalue weighted by molar-refractivity contribution is 8.00. The van der Waals surface area contributed by atoms with Crippen molar-refractivity contribution in [1.29, 1.82) is 0 Å². The molecule has 1 aromatic rings. The summed E-state index contributed by atoms with van der Waals surface area (Å²) in [5, 5.41) is 3.94. The molecule has 2 saturated carbocycles. The summed E-state index contributed by atoms with van der Waals surface area (Å²) in [7, 11) is 0. The lowest BCUT2D eigenvalue weighted by Crippen LogP contribution is -2.48. The smallest absolute Gasteiger partial charge is 0.0281 e. The summed E-state index contributed by atoms with van der Waals surface area (Å²) >= 11 is 2.08. The lowest BCUT2D eigenvalue weighted by Gasteiger charge is -2.43. The molecular weight excluding hydrogens is 262 g/mol. The third-order valence-corrected chi connectivity index (χ3v) is 6.80. The molecule has 2 aliphatic carbocycles. The molecule has 3 rings (SSSR count). The molecule has 2 aliphatic rings. The van der Waals surface area contributed by atoms with Gasteiger partial charge >= 0.3 is 0 Å². The van der Waals surface area contributed by atoms with E-state index in [-0.39, 0.29) is 0 Å².